The van der Waals surface area contributed by atoms with Crippen LogP contribution in [0.4, 0.5) is 0 Å². The van der Waals surface area contributed by atoms with E-state index in [9.17, 15) is 0 Å². The van der Waals surface area contributed by atoms with Crippen molar-refractivity contribution in [3.05, 3.63) is 0 Å². The number of hydrogen-bond donors (Lipinski definition) is 1. The van der Waals surface area contributed by atoms with Gasteiger partial charge in [-0.05, 0) is 38.9 Å². The lowest BCUT2D eigenvalue weighted by molar-refractivity contribution is 0.0184. The fourth-order valence-corrected chi connectivity index (χ4v) is 2.33. The van der Waals surface area contributed by atoms with Gasteiger partial charge in [0.1, 0.15) is 0 Å². The standard InChI is InChI=1S/C11H24N2O/c1-4-13-7-5-6-10(9-13)11(14-3)8-12-2/h10-12H,4-9H2,1-3H3. The first-order chi connectivity index (χ1) is 6.81. The summed E-state index contributed by atoms with van der Waals surface area (Å²) in [6.45, 7) is 6.85. The molecular weight excluding hydrogens is 176 g/mol. The summed E-state index contributed by atoms with van der Waals surface area (Å²) in [4.78, 5) is 2.52. The minimum atomic E-state index is 0.384. The lowest BCUT2D eigenvalue weighted by atomic mass is 9.92. The van der Waals surface area contributed by atoms with Gasteiger partial charge in [-0.1, -0.05) is 6.92 Å². The zero-order valence-corrected chi connectivity index (χ0v) is 9.75. The molecular formula is C11H24N2O. The molecule has 84 valence electrons. The largest absolute Gasteiger partial charge is 0.380 e. The van der Waals surface area contributed by atoms with Gasteiger partial charge >= 0.3 is 0 Å². The predicted octanol–water partition coefficient (Wildman–Crippen LogP) is 0.953. The summed E-state index contributed by atoms with van der Waals surface area (Å²) in [5.74, 6) is 0.709. The molecule has 0 spiro atoms. The first-order valence-electron chi connectivity index (χ1n) is 5.71. The van der Waals surface area contributed by atoms with Gasteiger partial charge in [0.25, 0.3) is 0 Å². The number of likely N-dealkylation sites (N-methyl/N-ethyl adjacent to an activating group) is 1. The molecule has 1 N–H and O–H groups in total. The van der Waals surface area contributed by atoms with E-state index in [0.29, 0.717) is 12.0 Å². The molecule has 3 nitrogen and oxygen atoms in total. The van der Waals surface area contributed by atoms with E-state index in [1.165, 1.54) is 32.5 Å². The van der Waals surface area contributed by atoms with Crippen LogP contribution in [0.1, 0.15) is 19.8 Å². The number of likely N-dealkylation sites (tertiary alicyclic amines) is 1. The molecule has 0 amide bonds. The van der Waals surface area contributed by atoms with Crippen molar-refractivity contribution in [2.75, 3.05) is 40.3 Å². The van der Waals surface area contributed by atoms with E-state index < -0.39 is 0 Å². The molecule has 1 heterocycles. The zero-order chi connectivity index (χ0) is 10.4. The van der Waals surface area contributed by atoms with E-state index in [0.717, 1.165) is 6.54 Å². The Bertz CT molecular complexity index is 152. The molecule has 0 aromatic heterocycles. The quantitative estimate of drug-likeness (QED) is 0.715. The second-order valence-corrected chi connectivity index (χ2v) is 4.13. The summed E-state index contributed by atoms with van der Waals surface area (Å²) in [6.07, 6.45) is 3.02. The average molecular weight is 200 g/mol. The summed E-state index contributed by atoms with van der Waals surface area (Å²) in [7, 11) is 3.82. The van der Waals surface area contributed by atoms with Crippen molar-refractivity contribution in [2.24, 2.45) is 5.92 Å². The Hall–Kier alpha value is -0.120. The molecule has 0 aromatic rings. The van der Waals surface area contributed by atoms with Crippen LogP contribution in [0, 0.1) is 5.92 Å². The maximum absolute atomic E-state index is 5.53. The van der Waals surface area contributed by atoms with E-state index in [1.807, 2.05) is 14.2 Å². The second-order valence-electron chi connectivity index (χ2n) is 4.13. The van der Waals surface area contributed by atoms with E-state index in [2.05, 4.69) is 17.1 Å². The van der Waals surface area contributed by atoms with Crippen LogP contribution in [0.2, 0.25) is 0 Å². The molecule has 1 aliphatic rings. The SMILES string of the molecule is CCN1CCCC(C(CNC)OC)C1. The molecule has 1 rings (SSSR count). The van der Waals surface area contributed by atoms with Crippen LogP contribution in [0.15, 0.2) is 0 Å². The molecule has 0 aromatic carbocycles. The third-order valence-corrected chi connectivity index (χ3v) is 3.22. The Labute approximate surface area is 87.8 Å². The Balaban J connectivity index is 2.40. The molecule has 2 unspecified atom stereocenters. The van der Waals surface area contributed by atoms with Crippen molar-refractivity contribution in [3.8, 4) is 0 Å². The van der Waals surface area contributed by atoms with Crippen molar-refractivity contribution >= 4 is 0 Å². The number of piperidine rings is 1. The van der Waals surface area contributed by atoms with Crippen LogP contribution in [-0.4, -0.2) is 51.3 Å². The van der Waals surface area contributed by atoms with Crippen molar-refractivity contribution < 1.29 is 4.74 Å². The maximum atomic E-state index is 5.53. The highest BCUT2D eigenvalue weighted by Gasteiger charge is 2.25. The minimum Gasteiger partial charge on any atom is -0.380 e. The molecule has 3 heteroatoms. The Morgan fingerprint density at radius 2 is 2.36 bits per heavy atom. The summed E-state index contributed by atoms with van der Waals surface area (Å²) >= 11 is 0. The normalized spacial score (nSPS) is 26.4. The van der Waals surface area contributed by atoms with Crippen LogP contribution in [0.25, 0.3) is 0 Å². The third kappa shape index (κ3) is 3.23. The number of nitrogens with one attached hydrogen (secondary N) is 1. The average Bonchev–Trinajstić information content (AvgIpc) is 2.26. The van der Waals surface area contributed by atoms with E-state index in [1.54, 1.807) is 0 Å². The van der Waals surface area contributed by atoms with Gasteiger partial charge in [0.05, 0.1) is 6.10 Å². The zero-order valence-electron chi connectivity index (χ0n) is 9.75. The topological polar surface area (TPSA) is 24.5 Å². The van der Waals surface area contributed by atoms with Gasteiger partial charge in [-0.3, -0.25) is 0 Å². The smallest absolute Gasteiger partial charge is 0.0735 e. The highest BCUT2D eigenvalue weighted by atomic mass is 16.5. The van der Waals surface area contributed by atoms with Gasteiger partial charge in [-0.15, -0.1) is 0 Å². The van der Waals surface area contributed by atoms with Crippen LogP contribution >= 0.6 is 0 Å². The highest BCUT2D eigenvalue weighted by Crippen LogP contribution is 2.20. The number of rotatable bonds is 5. The van der Waals surface area contributed by atoms with Crippen LogP contribution in [-0.2, 0) is 4.74 Å². The Kier molecular flexibility index (Phi) is 5.45. The van der Waals surface area contributed by atoms with Crippen molar-refractivity contribution in [3.63, 3.8) is 0 Å². The fraction of sp³-hybridized carbons (Fsp3) is 1.00. The van der Waals surface area contributed by atoms with Gasteiger partial charge in [-0.2, -0.15) is 0 Å². The minimum absolute atomic E-state index is 0.384. The molecule has 0 saturated carbocycles. The Morgan fingerprint density at radius 1 is 1.57 bits per heavy atom. The van der Waals surface area contributed by atoms with Crippen LogP contribution < -0.4 is 5.32 Å². The molecule has 2 atom stereocenters. The predicted molar refractivity (Wildman–Crippen MR) is 59.6 cm³/mol. The molecule has 1 fully saturated rings. The van der Waals surface area contributed by atoms with Gasteiger partial charge in [-0.25, -0.2) is 0 Å². The number of methoxy groups -OCH3 is 1. The first kappa shape index (κ1) is 12.0. The third-order valence-electron chi connectivity index (χ3n) is 3.22. The van der Waals surface area contributed by atoms with Crippen molar-refractivity contribution in [1.29, 1.82) is 0 Å². The molecule has 0 bridgehead atoms. The van der Waals surface area contributed by atoms with Crippen LogP contribution in [0.5, 0.6) is 0 Å². The van der Waals surface area contributed by atoms with Crippen molar-refractivity contribution in [1.82, 2.24) is 10.2 Å². The maximum Gasteiger partial charge on any atom is 0.0735 e. The highest BCUT2D eigenvalue weighted by molar-refractivity contribution is 4.79. The van der Waals surface area contributed by atoms with Gasteiger partial charge in [0.2, 0.25) is 0 Å². The fourth-order valence-electron chi connectivity index (χ4n) is 2.33. The molecule has 0 aliphatic carbocycles. The number of ether oxygens (including phenoxy) is 1. The van der Waals surface area contributed by atoms with Gasteiger partial charge in [0, 0.05) is 20.2 Å². The van der Waals surface area contributed by atoms with E-state index in [-0.39, 0.29) is 0 Å². The molecule has 1 saturated heterocycles. The Morgan fingerprint density at radius 3 is 2.93 bits per heavy atom. The van der Waals surface area contributed by atoms with Crippen LogP contribution in [0.3, 0.4) is 0 Å². The summed E-state index contributed by atoms with van der Waals surface area (Å²) < 4.78 is 5.53. The monoisotopic (exact) mass is 200 g/mol. The van der Waals surface area contributed by atoms with E-state index >= 15 is 0 Å². The molecule has 14 heavy (non-hydrogen) atoms. The summed E-state index contributed by atoms with van der Waals surface area (Å²) in [6, 6.07) is 0. The molecule has 1 aliphatic heterocycles. The van der Waals surface area contributed by atoms with Gasteiger partial charge < -0.3 is 15.0 Å². The summed E-state index contributed by atoms with van der Waals surface area (Å²) in [5.41, 5.74) is 0. The molecule has 0 radical (unpaired) electrons. The van der Waals surface area contributed by atoms with E-state index in [4.69, 9.17) is 4.74 Å². The van der Waals surface area contributed by atoms with Crippen molar-refractivity contribution in [2.45, 2.75) is 25.9 Å². The van der Waals surface area contributed by atoms with Gasteiger partial charge in [0.15, 0.2) is 0 Å². The lowest BCUT2D eigenvalue weighted by Gasteiger charge is -2.35. The number of nitrogens with zero attached hydrogens (tertiary/aromatic N) is 1. The first-order valence-corrected chi connectivity index (χ1v) is 5.71. The number of hydrogen-bond acceptors (Lipinski definition) is 3. The lowest BCUT2D eigenvalue weighted by Crippen LogP contribution is -2.43. The summed E-state index contributed by atoms with van der Waals surface area (Å²) in [5, 5.41) is 3.21. The second kappa shape index (κ2) is 6.38.